The second kappa shape index (κ2) is 3.99. The normalized spacial score (nSPS) is 23.6. The van der Waals surface area contributed by atoms with Crippen molar-refractivity contribution in [3.8, 4) is 0 Å². The Balaban J connectivity index is 2.13. The Morgan fingerprint density at radius 1 is 1.12 bits per heavy atom. The van der Waals surface area contributed by atoms with Gasteiger partial charge < -0.3 is 0 Å². The Hall–Kier alpha value is 1.09. The van der Waals surface area contributed by atoms with Gasteiger partial charge >= 0.3 is 65.0 Å². The van der Waals surface area contributed by atoms with Gasteiger partial charge in [0.1, 0.15) is 0 Å². The van der Waals surface area contributed by atoms with Crippen LogP contribution in [0.25, 0.3) is 0 Å². The average molecular weight is 237 g/mol. The zero-order valence-corrected chi connectivity index (χ0v) is 8.60. The van der Waals surface area contributed by atoms with Crippen LogP contribution in [0, 0.1) is 0 Å². The molecular weight excluding hydrogens is 226 g/mol. The summed E-state index contributed by atoms with van der Waals surface area (Å²) in [4.78, 5) is 0. The molecule has 0 unspecified atom stereocenters. The van der Waals surface area contributed by atoms with E-state index in [2.05, 4.69) is 0 Å². The average Bonchev–Trinajstić information content (AvgIpc) is 1.90. The summed E-state index contributed by atoms with van der Waals surface area (Å²) >= 11 is -0.394. The molecule has 0 spiro atoms. The molecule has 1 saturated carbocycles. The summed E-state index contributed by atoms with van der Waals surface area (Å²) in [5, 5.41) is 0. The van der Waals surface area contributed by atoms with Crippen LogP contribution in [-0.4, -0.2) is 20.0 Å². The van der Waals surface area contributed by atoms with Crippen molar-refractivity contribution in [2.24, 2.45) is 0 Å². The zero-order chi connectivity index (χ0) is 5.82. The first-order valence-corrected chi connectivity index (χ1v) is 8.56. The van der Waals surface area contributed by atoms with Gasteiger partial charge in [-0.05, 0) is 0 Å². The first-order chi connectivity index (χ1) is 3.93. The van der Waals surface area contributed by atoms with E-state index in [9.17, 15) is 0 Å². The Labute approximate surface area is 64.9 Å². The van der Waals surface area contributed by atoms with Crippen molar-refractivity contribution in [1.82, 2.24) is 0 Å². The van der Waals surface area contributed by atoms with E-state index in [1.807, 2.05) is 0 Å². The molecule has 0 N–H and O–H groups in total. The van der Waals surface area contributed by atoms with E-state index in [4.69, 9.17) is 8.92 Å². The van der Waals surface area contributed by atoms with Gasteiger partial charge in [0.25, 0.3) is 0 Å². The number of hydrogen-bond donors (Lipinski definition) is 0. The van der Waals surface area contributed by atoms with E-state index in [1.54, 1.807) is 0 Å². The molecule has 2 radical (unpaired) electrons. The molecule has 2 heteroatoms. The van der Waals surface area contributed by atoms with Crippen molar-refractivity contribution < 1.29 is 0 Å². The van der Waals surface area contributed by atoms with Crippen molar-refractivity contribution in [3.63, 3.8) is 0 Å². The van der Waals surface area contributed by atoms with E-state index in [0.29, 0.717) is 0 Å². The van der Waals surface area contributed by atoms with E-state index < -0.39 is 20.0 Å². The molecule has 46 valence electrons. The van der Waals surface area contributed by atoms with Gasteiger partial charge in [-0.2, -0.15) is 0 Å². The zero-order valence-electron chi connectivity index (χ0n) is 4.99. The van der Waals surface area contributed by atoms with Crippen LogP contribution in [0.4, 0.5) is 0 Å². The molecule has 1 aliphatic rings. The molecule has 1 rings (SSSR count). The summed E-state index contributed by atoms with van der Waals surface area (Å²) in [6.45, 7) is 0. The summed E-state index contributed by atoms with van der Waals surface area (Å²) in [5.74, 6) is 0. The van der Waals surface area contributed by atoms with Gasteiger partial charge in [0.15, 0.2) is 0 Å². The van der Waals surface area contributed by atoms with Crippen LogP contribution in [0.1, 0.15) is 32.1 Å². The van der Waals surface area contributed by atoms with Crippen molar-refractivity contribution in [3.05, 3.63) is 0 Å². The fourth-order valence-electron chi connectivity index (χ4n) is 1.21. The first-order valence-electron chi connectivity index (χ1n) is 3.29. The number of hydrogen-bond acceptors (Lipinski definition) is 0. The molecule has 0 bridgehead atoms. The summed E-state index contributed by atoms with van der Waals surface area (Å²) < 4.78 is 1.02. The maximum atomic E-state index is 5.85. The predicted molar refractivity (Wildman–Crippen MR) is 38.4 cm³/mol. The third kappa shape index (κ3) is 2.14. The molecule has 0 saturated heterocycles. The van der Waals surface area contributed by atoms with Crippen LogP contribution in [0.2, 0.25) is 3.93 Å². The van der Waals surface area contributed by atoms with Crippen LogP contribution >= 0.6 is 8.92 Å². The number of halogens is 1. The van der Waals surface area contributed by atoms with Gasteiger partial charge in [-0.3, -0.25) is 0 Å². The van der Waals surface area contributed by atoms with Crippen LogP contribution in [0.5, 0.6) is 0 Å². The molecule has 0 nitrogen and oxygen atoms in total. The van der Waals surface area contributed by atoms with Gasteiger partial charge in [-0.25, -0.2) is 0 Å². The summed E-state index contributed by atoms with van der Waals surface area (Å²) in [7, 11) is 5.85. The van der Waals surface area contributed by atoms with Gasteiger partial charge in [0.05, 0.1) is 0 Å². The molecule has 0 aromatic heterocycles. The van der Waals surface area contributed by atoms with Crippen molar-refractivity contribution in [2.75, 3.05) is 0 Å². The quantitative estimate of drug-likeness (QED) is 0.615. The SMILES string of the molecule is [Cl][Sn][CH]1CCCCC1. The Kier molecular flexibility index (Phi) is 3.59. The molecule has 8 heavy (non-hydrogen) atoms. The maximum absolute atomic E-state index is 5.85. The topological polar surface area (TPSA) is 0 Å². The van der Waals surface area contributed by atoms with Crippen molar-refractivity contribution in [1.29, 1.82) is 0 Å². The van der Waals surface area contributed by atoms with Crippen molar-refractivity contribution >= 4 is 28.9 Å². The standard InChI is InChI=1S/C6H11.ClH.Sn/c1-2-4-6-5-3-1;;/h1H,2-6H2;1H;/q;;+1/p-1. The minimum atomic E-state index is -0.394. The van der Waals surface area contributed by atoms with E-state index in [-0.39, 0.29) is 0 Å². The van der Waals surface area contributed by atoms with Crippen LogP contribution < -0.4 is 0 Å². The monoisotopic (exact) mass is 238 g/mol. The molecule has 0 amide bonds. The number of rotatable bonds is 1. The Bertz CT molecular complexity index is 59.5. The van der Waals surface area contributed by atoms with Gasteiger partial charge in [0, 0.05) is 0 Å². The van der Waals surface area contributed by atoms with Crippen LogP contribution in [0.15, 0.2) is 0 Å². The third-order valence-electron chi connectivity index (χ3n) is 1.76. The van der Waals surface area contributed by atoms with Gasteiger partial charge in [-0.15, -0.1) is 0 Å². The molecular formula is C6H11ClSn. The Morgan fingerprint density at radius 3 is 2.12 bits per heavy atom. The van der Waals surface area contributed by atoms with E-state index in [0.717, 1.165) is 3.93 Å². The molecule has 1 aliphatic carbocycles. The second-order valence-electron chi connectivity index (χ2n) is 2.44. The first kappa shape index (κ1) is 7.20. The summed E-state index contributed by atoms with van der Waals surface area (Å²) in [6.07, 6.45) is 7.29. The summed E-state index contributed by atoms with van der Waals surface area (Å²) in [5.41, 5.74) is 0. The van der Waals surface area contributed by atoms with Crippen LogP contribution in [-0.2, 0) is 0 Å². The molecule has 0 atom stereocenters. The molecule has 1 fully saturated rings. The van der Waals surface area contributed by atoms with Gasteiger partial charge in [0.2, 0.25) is 0 Å². The van der Waals surface area contributed by atoms with Gasteiger partial charge in [-0.1, -0.05) is 0 Å². The molecule has 0 aliphatic heterocycles. The fraction of sp³-hybridized carbons (Fsp3) is 1.00. The van der Waals surface area contributed by atoms with Crippen molar-refractivity contribution in [2.45, 2.75) is 36.0 Å². The minimum absolute atomic E-state index is 0.394. The fourth-order valence-corrected chi connectivity index (χ4v) is 4.46. The van der Waals surface area contributed by atoms with E-state index in [1.165, 1.54) is 32.1 Å². The second-order valence-corrected chi connectivity index (χ2v) is 6.86. The Morgan fingerprint density at radius 2 is 1.75 bits per heavy atom. The third-order valence-corrected chi connectivity index (χ3v) is 6.36. The summed E-state index contributed by atoms with van der Waals surface area (Å²) in [6, 6.07) is 0. The van der Waals surface area contributed by atoms with E-state index >= 15 is 0 Å². The molecule has 0 aromatic carbocycles. The predicted octanol–water partition coefficient (Wildman–Crippen LogP) is 2.60. The van der Waals surface area contributed by atoms with Crippen LogP contribution in [0.3, 0.4) is 0 Å². The molecule has 0 aromatic rings. The molecule has 0 heterocycles.